The maximum absolute atomic E-state index is 5.47. The molecule has 108 valence electrons. The molecule has 1 aromatic carbocycles. The molecule has 0 spiro atoms. The Morgan fingerprint density at radius 3 is 2.74 bits per heavy atom. The van der Waals surface area contributed by atoms with Crippen LogP contribution >= 0.6 is 15.9 Å². The standard InChI is InChI=1S/C15H24BrNO2/c1-3-19-14-8-7-13(15(16)12-14)6-4-5-9-17-10-11-18-2/h7-8,12,17H,3-6,9-11H2,1-2H3. The van der Waals surface area contributed by atoms with Crippen LogP contribution in [0.4, 0.5) is 0 Å². The molecule has 0 atom stereocenters. The minimum absolute atomic E-state index is 0.707. The van der Waals surface area contributed by atoms with Crippen molar-refractivity contribution in [3.63, 3.8) is 0 Å². The highest BCUT2D eigenvalue weighted by atomic mass is 79.9. The number of methoxy groups -OCH3 is 1. The molecule has 3 nitrogen and oxygen atoms in total. The number of ether oxygens (including phenoxy) is 2. The van der Waals surface area contributed by atoms with Crippen LogP contribution in [0.1, 0.15) is 25.3 Å². The molecule has 0 unspecified atom stereocenters. The van der Waals surface area contributed by atoms with E-state index in [1.54, 1.807) is 7.11 Å². The van der Waals surface area contributed by atoms with Gasteiger partial charge in [-0.05, 0) is 50.4 Å². The summed E-state index contributed by atoms with van der Waals surface area (Å²) in [5.74, 6) is 0.930. The van der Waals surface area contributed by atoms with Crippen molar-refractivity contribution in [1.29, 1.82) is 0 Å². The first-order valence-electron chi connectivity index (χ1n) is 6.88. The number of halogens is 1. The molecular formula is C15H24BrNO2. The molecule has 1 aromatic rings. The molecule has 0 aliphatic carbocycles. The number of unbranched alkanes of at least 4 members (excludes halogenated alkanes) is 1. The molecule has 0 aromatic heterocycles. The maximum Gasteiger partial charge on any atom is 0.120 e. The van der Waals surface area contributed by atoms with E-state index in [0.29, 0.717) is 6.61 Å². The largest absolute Gasteiger partial charge is 0.494 e. The lowest BCUT2D eigenvalue weighted by molar-refractivity contribution is 0.199. The van der Waals surface area contributed by atoms with Gasteiger partial charge in [-0.25, -0.2) is 0 Å². The predicted octanol–water partition coefficient (Wildman–Crippen LogP) is 3.41. The van der Waals surface area contributed by atoms with Gasteiger partial charge in [0.05, 0.1) is 13.2 Å². The molecular weight excluding hydrogens is 306 g/mol. The van der Waals surface area contributed by atoms with Gasteiger partial charge in [-0.2, -0.15) is 0 Å². The van der Waals surface area contributed by atoms with Gasteiger partial charge in [0.15, 0.2) is 0 Å². The normalized spacial score (nSPS) is 10.7. The van der Waals surface area contributed by atoms with Crippen molar-refractivity contribution in [2.24, 2.45) is 0 Å². The van der Waals surface area contributed by atoms with Gasteiger partial charge >= 0.3 is 0 Å². The molecule has 1 rings (SSSR count). The SMILES string of the molecule is CCOc1ccc(CCCCNCCOC)c(Br)c1. The van der Waals surface area contributed by atoms with E-state index in [9.17, 15) is 0 Å². The Bertz CT molecular complexity index is 358. The highest BCUT2D eigenvalue weighted by Gasteiger charge is 2.02. The van der Waals surface area contributed by atoms with Crippen molar-refractivity contribution in [2.75, 3.05) is 33.4 Å². The first-order chi connectivity index (χ1) is 9.27. The second-order valence-corrected chi connectivity index (χ2v) is 5.24. The Morgan fingerprint density at radius 1 is 1.21 bits per heavy atom. The predicted molar refractivity (Wildman–Crippen MR) is 83.0 cm³/mol. The van der Waals surface area contributed by atoms with Gasteiger partial charge < -0.3 is 14.8 Å². The van der Waals surface area contributed by atoms with E-state index in [1.807, 2.05) is 13.0 Å². The summed E-state index contributed by atoms with van der Waals surface area (Å²) in [7, 11) is 1.73. The molecule has 0 aliphatic rings. The number of hydrogen-bond donors (Lipinski definition) is 1. The minimum Gasteiger partial charge on any atom is -0.494 e. The number of rotatable bonds is 10. The minimum atomic E-state index is 0.707. The molecule has 0 saturated carbocycles. The molecule has 0 radical (unpaired) electrons. The number of benzene rings is 1. The monoisotopic (exact) mass is 329 g/mol. The fourth-order valence-electron chi connectivity index (χ4n) is 1.85. The smallest absolute Gasteiger partial charge is 0.120 e. The van der Waals surface area contributed by atoms with Gasteiger partial charge in [-0.1, -0.05) is 22.0 Å². The summed E-state index contributed by atoms with van der Waals surface area (Å²) in [6.07, 6.45) is 3.47. The van der Waals surface area contributed by atoms with Crippen LogP contribution in [0.15, 0.2) is 22.7 Å². The summed E-state index contributed by atoms with van der Waals surface area (Å²) in [4.78, 5) is 0. The highest BCUT2D eigenvalue weighted by molar-refractivity contribution is 9.10. The van der Waals surface area contributed by atoms with Crippen LogP contribution in [0.5, 0.6) is 5.75 Å². The molecule has 0 bridgehead atoms. The van der Waals surface area contributed by atoms with Crippen molar-refractivity contribution in [2.45, 2.75) is 26.2 Å². The van der Waals surface area contributed by atoms with Crippen molar-refractivity contribution >= 4 is 15.9 Å². The molecule has 0 aliphatic heterocycles. The van der Waals surface area contributed by atoms with Crippen LogP contribution in [-0.4, -0.2) is 33.4 Å². The molecule has 19 heavy (non-hydrogen) atoms. The molecule has 1 N–H and O–H groups in total. The topological polar surface area (TPSA) is 30.5 Å². The summed E-state index contributed by atoms with van der Waals surface area (Å²) in [6.45, 7) is 5.48. The van der Waals surface area contributed by atoms with Gasteiger partial charge in [0, 0.05) is 18.1 Å². The second kappa shape index (κ2) is 10.2. The lowest BCUT2D eigenvalue weighted by Gasteiger charge is -2.08. The van der Waals surface area contributed by atoms with Crippen molar-refractivity contribution < 1.29 is 9.47 Å². The van der Waals surface area contributed by atoms with Crippen LogP contribution < -0.4 is 10.1 Å². The van der Waals surface area contributed by atoms with E-state index in [2.05, 4.69) is 33.4 Å². The lowest BCUT2D eigenvalue weighted by Crippen LogP contribution is -2.20. The van der Waals surface area contributed by atoms with Gasteiger partial charge in [0.2, 0.25) is 0 Å². The zero-order valence-corrected chi connectivity index (χ0v) is 13.5. The molecule has 0 amide bonds. The van der Waals surface area contributed by atoms with Crippen molar-refractivity contribution in [3.8, 4) is 5.75 Å². The Balaban J connectivity index is 2.22. The fourth-order valence-corrected chi connectivity index (χ4v) is 2.41. The third-order valence-electron chi connectivity index (χ3n) is 2.87. The van der Waals surface area contributed by atoms with Crippen LogP contribution in [0, 0.1) is 0 Å². The zero-order valence-electron chi connectivity index (χ0n) is 11.9. The summed E-state index contributed by atoms with van der Waals surface area (Å²) in [5.41, 5.74) is 1.35. The highest BCUT2D eigenvalue weighted by Crippen LogP contribution is 2.24. The van der Waals surface area contributed by atoms with Gasteiger partial charge in [-0.3, -0.25) is 0 Å². The van der Waals surface area contributed by atoms with E-state index >= 15 is 0 Å². The Kier molecular flexibility index (Phi) is 8.88. The van der Waals surface area contributed by atoms with Crippen molar-refractivity contribution in [3.05, 3.63) is 28.2 Å². The number of hydrogen-bond acceptors (Lipinski definition) is 3. The number of nitrogens with one attached hydrogen (secondary N) is 1. The Morgan fingerprint density at radius 2 is 2.05 bits per heavy atom. The van der Waals surface area contributed by atoms with Crippen LogP contribution in [-0.2, 0) is 11.2 Å². The van der Waals surface area contributed by atoms with Gasteiger partial charge in [0.25, 0.3) is 0 Å². The lowest BCUT2D eigenvalue weighted by atomic mass is 10.1. The quantitative estimate of drug-likeness (QED) is 0.667. The van der Waals surface area contributed by atoms with E-state index in [1.165, 1.54) is 18.4 Å². The summed E-state index contributed by atoms with van der Waals surface area (Å²) in [5, 5.41) is 3.36. The van der Waals surface area contributed by atoms with E-state index < -0.39 is 0 Å². The fraction of sp³-hybridized carbons (Fsp3) is 0.600. The summed E-state index contributed by atoms with van der Waals surface area (Å²) >= 11 is 3.61. The van der Waals surface area contributed by atoms with E-state index in [4.69, 9.17) is 9.47 Å². The average Bonchev–Trinajstić information content (AvgIpc) is 2.40. The van der Waals surface area contributed by atoms with Gasteiger partial charge in [0.1, 0.15) is 5.75 Å². The van der Waals surface area contributed by atoms with Crippen molar-refractivity contribution in [1.82, 2.24) is 5.32 Å². The number of aryl methyl sites for hydroxylation is 1. The first-order valence-corrected chi connectivity index (χ1v) is 7.68. The summed E-state index contributed by atoms with van der Waals surface area (Å²) in [6, 6.07) is 6.24. The van der Waals surface area contributed by atoms with Crippen LogP contribution in [0.25, 0.3) is 0 Å². The molecule has 0 saturated heterocycles. The average molecular weight is 330 g/mol. The van der Waals surface area contributed by atoms with Gasteiger partial charge in [-0.15, -0.1) is 0 Å². The van der Waals surface area contributed by atoms with E-state index in [0.717, 1.165) is 36.3 Å². The second-order valence-electron chi connectivity index (χ2n) is 4.39. The first kappa shape index (κ1) is 16.5. The maximum atomic E-state index is 5.47. The Hall–Kier alpha value is -0.580. The van der Waals surface area contributed by atoms with E-state index in [-0.39, 0.29) is 0 Å². The molecule has 0 heterocycles. The molecule has 4 heteroatoms. The third kappa shape index (κ3) is 6.95. The summed E-state index contributed by atoms with van der Waals surface area (Å²) < 4.78 is 11.6. The van der Waals surface area contributed by atoms with Crippen LogP contribution in [0.3, 0.4) is 0 Å². The zero-order chi connectivity index (χ0) is 13.9. The molecule has 0 fully saturated rings. The Labute approximate surface area is 124 Å². The van der Waals surface area contributed by atoms with Crippen LogP contribution in [0.2, 0.25) is 0 Å². The third-order valence-corrected chi connectivity index (χ3v) is 3.61.